The standard InChI is InChI=1S/C7H8INO2S/c1-4(2)9-6(10)5(3-8)12-7(9)11/h3-4H,1-2H3/b5-3-. The molecule has 0 spiro atoms. The number of halogens is 1. The largest absolute Gasteiger partial charge is 0.293 e. The van der Waals surface area contributed by atoms with Crippen LogP contribution < -0.4 is 0 Å². The molecular formula is C7H8INO2S. The zero-order chi connectivity index (χ0) is 9.30. The summed E-state index contributed by atoms with van der Waals surface area (Å²) < 4.78 is 1.64. The molecule has 5 heteroatoms. The van der Waals surface area contributed by atoms with Gasteiger partial charge in [-0.15, -0.1) is 0 Å². The minimum atomic E-state index is -0.172. The van der Waals surface area contributed by atoms with E-state index in [0.717, 1.165) is 11.8 Å². The summed E-state index contributed by atoms with van der Waals surface area (Å²) in [5, 5.41) is -0.169. The first-order valence-electron chi connectivity index (χ1n) is 3.43. The van der Waals surface area contributed by atoms with E-state index in [1.54, 1.807) is 4.08 Å². The summed E-state index contributed by atoms with van der Waals surface area (Å²) in [7, 11) is 0. The van der Waals surface area contributed by atoms with Gasteiger partial charge in [-0.3, -0.25) is 14.5 Å². The molecule has 0 aliphatic carbocycles. The van der Waals surface area contributed by atoms with Gasteiger partial charge in [0, 0.05) is 6.04 Å². The Morgan fingerprint density at radius 2 is 2.08 bits per heavy atom. The summed E-state index contributed by atoms with van der Waals surface area (Å²) >= 11 is 2.97. The van der Waals surface area contributed by atoms with Gasteiger partial charge in [-0.25, -0.2) is 0 Å². The van der Waals surface area contributed by atoms with Crippen molar-refractivity contribution >= 4 is 45.5 Å². The van der Waals surface area contributed by atoms with Crippen LogP contribution in [0.4, 0.5) is 4.79 Å². The van der Waals surface area contributed by atoms with E-state index in [1.807, 2.05) is 36.4 Å². The molecule has 1 aliphatic heterocycles. The molecule has 0 aromatic carbocycles. The van der Waals surface area contributed by atoms with E-state index < -0.39 is 0 Å². The van der Waals surface area contributed by atoms with Crippen molar-refractivity contribution in [3.8, 4) is 0 Å². The molecule has 1 heterocycles. The average molecular weight is 297 g/mol. The monoisotopic (exact) mass is 297 g/mol. The fraction of sp³-hybridized carbons (Fsp3) is 0.429. The number of imide groups is 1. The van der Waals surface area contributed by atoms with Crippen LogP contribution in [-0.4, -0.2) is 22.1 Å². The van der Waals surface area contributed by atoms with Crippen molar-refractivity contribution in [2.45, 2.75) is 19.9 Å². The number of carbonyl (C=O) groups is 2. The molecule has 1 rings (SSSR count). The van der Waals surface area contributed by atoms with Gasteiger partial charge in [-0.2, -0.15) is 0 Å². The van der Waals surface area contributed by atoms with Crippen LogP contribution in [-0.2, 0) is 4.79 Å². The number of amides is 2. The third kappa shape index (κ3) is 1.66. The second-order valence-electron chi connectivity index (χ2n) is 2.61. The Morgan fingerprint density at radius 1 is 1.50 bits per heavy atom. The van der Waals surface area contributed by atoms with E-state index in [0.29, 0.717) is 4.91 Å². The molecule has 1 saturated heterocycles. The average Bonchev–Trinajstić information content (AvgIpc) is 2.25. The Balaban J connectivity index is 2.93. The lowest BCUT2D eigenvalue weighted by Crippen LogP contribution is -2.34. The Kier molecular flexibility index (Phi) is 3.16. The van der Waals surface area contributed by atoms with Gasteiger partial charge in [0.15, 0.2) is 0 Å². The van der Waals surface area contributed by atoms with Crippen molar-refractivity contribution in [2.75, 3.05) is 0 Å². The maximum absolute atomic E-state index is 11.4. The molecule has 3 nitrogen and oxygen atoms in total. The number of nitrogens with zero attached hydrogens (tertiary/aromatic N) is 1. The van der Waals surface area contributed by atoms with Gasteiger partial charge < -0.3 is 0 Å². The van der Waals surface area contributed by atoms with E-state index in [1.165, 1.54) is 4.90 Å². The predicted octanol–water partition coefficient (Wildman–Crippen LogP) is 2.37. The van der Waals surface area contributed by atoms with Gasteiger partial charge in [-0.1, -0.05) is 22.6 Å². The Hall–Kier alpha value is -0.0400. The van der Waals surface area contributed by atoms with Crippen LogP contribution in [0.5, 0.6) is 0 Å². The molecule has 0 saturated carbocycles. The van der Waals surface area contributed by atoms with E-state index in [4.69, 9.17) is 0 Å². The number of thioether (sulfide) groups is 1. The third-order valence-corrected chi connectivity index (χ3v) is 3.37. The Labute approximate surface area is 88.7 Å². The van der Waals surface area contributed by atoms with E-state index in [2.05, 4.69) is 0 Å². The molecule has 0 aromatic heterocycles. The van der Waals surface area contributed by atoms with E-state index in [9.17, 15) is 9.59 Å². The summed E-state index contributed by atoms with van der Waals surface area (Å²) in [6.07, 6.45) is 0. The first kappa shape index (κ1) is 10.0. The van der Waals surface area contributed by atoms with Crippen LogP contribution in [0.25, 0.3) is 0 Å². The lowest BCUT2D eigenvalue weighted by Gasteiger charge is -2.15. The van der Waals surface area contributed by atoms with E-state index >= 15 is 0 Å². The first-order valence-corrected chi connectivity index (χ1v) is 5.50. The summed E-state index contributed by atoms with van der Waals surface area (Å²) in [5.41, 5.74) is 0. The topological polar surface area (TPSA) is 37.4 Å². The van der Waals surface area contributed by atoms with Crippen LogP contribution >= 0.6 is 34.4 Å². The van der Waals surface area contributed by atoms with E-state index in [-0.39, 0.29) is 17.2 Å². The number of hydrogen-bond donors (Lipinski definition) is 0. The smallest absolute Gasteiger partial charge is 0.268 e. The van der Waals surface area contributed by atoms with Gasteiger partial charge in [0.1, 0.15) is 0 Å². The quantitative estimate of drug-likeness (QED) is 0.551. The molecule has 1 fully saturated rings. The zero-order valence-corrected chi connectivity index (χ0v) is 9.68. The maximum atomic E-state index is 11.4. The van der Waals surface area contributed by atoms with Crippen molar-refractivity contribution in [2.24, 2.45) is 0 Å². The van der Waals surface area contributed by atoms with Crippen molar-refractivity contribution < 1.29 is 9.59 Å². The minimum absolute atomic E-state index is 0.0497. The lowest BCUT2D eigenvalue weighted by atomic mass is 10.3. The fourth-order valence-electron chi connectivity index (χ4n) is 0.903. The van der Waals surface area contributed by atoms with Gasteiger partial charge >= 0.3 is 0 Å². The van der Waals surface area contributed by atoms with Crippen LogP contribution in [0.1, 0.15) is 13.8 Å². The second kappa shape index (κ2) is 3.78. The molecule has 2 amide bonds. The predicted molar refractivity (Wildman–Crippen MR) is 57.1 cm³/mol. The highest BCUT2D eigenvalue weighted by Gasteiger charge is 2.36. The third-order valence-electron chi connectivity index (χ3n) is 1.44. The van der Waals surface area contributed by atoms with Crippen LogP contribution in [0.2, 0.25) is 0 Å². The molecule has 0 N–H and O–H groups in total. The number of hydrogen-bond acceptors (Lipinski definition) is 3. The van der Waals surface area contributed by atoms with Crippen LogP contribution in [0.15, 0.2) is 8.99 Å². The fourth-order valence-corrected chi connectivity index (χ4v) is 2.36. The number of carbonyl (C=O) groups excluding carboxylic acids is 2. The van der Waals surface area contributed by atoms with Crippen molar-refractivity contribution in [1.82, 2.24) is 4.90 Å². The molecule has 0 bridgehead atoms. The van der Waals surface area contributed by atoms with Crippen molar-refractivity contribution in [1.29, 1.82) is 0 Å². The SMILES string of the molecule is CC(C)N1C(=O)S/C(=C\I)C1=O. The molecule has 12 heavy (non-hydrogen) atoms. The summed E-state index contributed by atoms with van der Waals surface area (Å²) in [6, 6.07) is -0.0497. The van der Waals surface area contributed by atoms with Crippen LogP contribution in [0, 0.1) is 0 Å². The van der Waals surface area contributed by atoms with Gasteiger partial charge in [-0.05, 0) is 29.7 Å². The molecule has 0 unspecified atom stereocenters. The summed E-state index contributed by atoms with van der Waals surface area (Å²) in [6.45, 7) is 3.65. The summed E-state index contributed by atoms with van der Waals surface area (Å²) in [5.74, 6) is -0.172. The highest BCUT2D eigenvalue weighted by atomic mass is 127. The molecule has 66 valence electrons. The highest BCUT2D eigenvalue weighted by Crippen LogP contribution is 2.32. The normalized spacial score (nSPS) is 21.7. The minimum Gasteiger partial charge on any atom is -0.268 e. The number of rotatable bonds is 1. The van der Waals surface area contributed by atoms with Gasteiger partial charge in [0.25, 0.3) is 11.1 Å². The molecular weight excluding hydrogens is 289 g/mol. The zero-order valence-electron chi connectivity index (χ0n) is 6.70. The molecule has 0 radical (unpaired) electrons. The highest BCUT2D eigenvalue weighted by molar-refractivity contribution is 14.1. The maximum Gasteiger partial charge on any atom is 0.293 e. The van der Waals surface area contributed by atoms with Gasteiger partial charge in [0.05, 0.1) is 4.91 Å². The molecule has 0 aromatic rings. The lowest BCUT2D eigenvalue weighted by molar-refractivity contribution is -0.123. The Bertz CT molecular complexity index is 262. The Morgan fingerprint density at radius 3 is 2.33 bits per heavy atom. The molecule has 1 aliphatic rings. The second-order valence-corrected chi connectivity index (χ2v) is 4.23. The first-order chi connectivity index (χ1) is 5.57. The molecule has 0 atom stereocenters. The summed E-state index contributed by atoms with van der Waals surface area (Å²) in [4.78, 5) is 24.4. The van der Waals surface area contributed by atoms with Crippen LogP contribution in [0.3, 0.4) is 0 Å². The van der Waals surface area contributed by atoms with Crippen molar-refractivity contribution in [3.63, 3.8) is 0 Å². The van der Waals surface area contributed by atoms with Crippen molar-refractivity contribution in [3.05, 3.63) is 8.99 Å². The van der Waals surface area contributed by atoms with Gasteiger partial charge in [0.2, 0.25) is 0 Å².